The summed E-state index contributed by atoms with van der Waals surface area (Å²) in [5.74, 6) is 0.923. The predicted octanol–water partition coefficient (Wildman–Crippen LogP) is 5.59. The van der Waals surface area contributed by atoms with Crippen LogP contribution in [0.5, 0.6) is 0 Å². The molecule has 0 fully saturated rings. The minimum Gasteiger partial charge on any atom is -0.325 e. The van der Waals surface area contributed by atoms with Gasteiger partial charge in [-0.1, -0.05) is 65.4 Å². The van der Waals surface area contributed by atoms with E-state index in [0.29, 0.717) is 5.16 Å². The lowest BCUT2D eigenvalue weighted by molar-refractivity contribution is -0.113. The maximum atomic E-state index is 12.5. The van der Waals surface area contributed by atoms with Crippen LogP contribution in [0.2, 0.25) is 0 Å². The molecule has 0 unspecified atom stereocenters. The van der Waals surface area contributed by atoms with Gasteiger partial charge in [-0.05, 0) is 56.7 Å². The maximum absolute atomic E-state index is 12.5. The molecule has 3 aromatic carbocycles. The first kappa shape index (κ1) is 20.9. The molecule has 4 rings (SSSR count). The molecule has 1 aromatic heterocycles. The van der Waals surface area contributed by atoms with Crippen LogP contribution in [0.15, 0.2) is 78.0 Å². The number of rotatable bonds is 6. The number of hydrogen-bond donors (Lipinski definition) is 1. The van der Waals surface area contributed by atoms with Crippen LogP contribution in [0.3, 0.4) is 0 Å². The Morgan fingerprint density at radius 1 is 0.871 bits per heavy atom. The zero-order valence-electron chi connectivity index (χ0n) is 17.8. The largest absolute Gasteiger partial charge is 0.325 e. The summed E-state index contributed by atoms with van der Waals surface area (Å²) in [5, 5.41) is 12.5. The molecule has 5 nitrogen and oxygen atoms in total. The first-order chi connectivity index (χ1) is 15.0. The molecule has 156 valence electrons. The molecule has 0 atom stereocenters. The Morgan fingerprint density at radius 3 is 2.29 bits per heavy atom. The van der Waals surface area contributed by atoms with Gasteiger partial charge in [0.2, 0.25) is 5.91 Å². The molecule has 6 heteroatoms. The molecule has 0 saturated heterocycles. The third-order valence-corrected chi connectivity index (χ3v) is 5.76. The SMILES string of the molecule is Cc1ccc(-n2c(SCC(=O)Nc3cccc(C)c3)nnc2-c2cccc(C)c2)cc1. The summed E-state index contributed by atoms with van der Waals surface area (Å²) in [6.07, 6.45) is 0. The summed E-state index contributed by atoms with van der Waals surface area (Å²) in [4.78, 5) is 12.5. The Morgan fingerprint density at radius 2 is 1.58 bits per heavy atom. The highest BCUT2D eigenvalue weighted by Crippen LogP contribution is 2.28. The van der Waals surface area contributed by atoms with E-state index in [9.17, 15) is 4.79 Å². The zero-order chi connectivity index (χ0) is 21.8. The first-order valence-electron chi connectivity index (χ1n) is 10.1. The van der Waals surface area contributed by atoms with Gasteiger partial charge in [0.1, 0.15) is 0 Å². The molecular weight excluding hydrogens is 404 g/mol. The van der Waals surface area contributed by atoms with Crippen LogP contribution < -0.4 is 5.32 Å². The smallest absolute Gasteiger partial charge is 0.234 e. The number of benzene rings is 3. The summed E-state index contributed by atoms with van der Waals surface area (Å²) < 4.78 is 2.01. The molecular formula is C25H24N4OS. The van der Waals surface area contributed by atoms with Crippen LogP contribution in [0, 0.1) is 20.8 Å². The number of thioether (sulfide) groups is 1. The van der Waals surface area contributed by atoms with Crippen LogP contribution in [0.25, 0.3) is 17.1 Å². The van der Waals surface area contributed by atoms with Crippen LogP contribution >= 0.6 is 11.8 Å². The van der Waals surface area contributed by atoms with Crippen molar-refractivity contribution < 1.29 is 4.79 Å². The highest BCUT2D eigenvalue weighted by atomic mass is 32.2. The van der Waals surface area contributed by atoms with Gasteiger partial charge >= 0.3 is 0 Å². The molecule has 1 N–H and O–H groups in total. The van der Waals surface area contributed by atoms with E-state index in [2.05, 4.69) is 65.8 Å². The van der Waals surface area contributed by atoms with Crippen LogP contribution in [0.4, 0.5) is 5.69 Å². The van der Waals surface area contributed by atoms with Gasteiger partial charge in [0, 0.05) is 16.9 Å². The van der Waals surface area contributed by atoms with Crippen LogP contribution in [0.1, 0.15) is 16.7 Å². The minimum atomic E-state index is -0.0776. The van der Waals surface area contributed by atoms with Crippen LogP contribution in [-0.2, 0) is 4.79 Å². The number of amides is 1. The number of hydrogen-bond acceptors (Lipinski definition) is 4. The Kier molecular flexibility index (Phi) is 6.18. The zero-order valence-corrected chi connectivity index (χ0v) is 18.6. The Labute approximate surface area is 186 Å². The average molecular weight is 429 g/mol. The van der Waals surface area contributed by atoms with Crippen molar-refractivity contribution in [3.63, 3.8) is 0 Å². The highest BCUT2D eigenvalue weighted by Gasteiger charge is 2.17. The molecule has 0 aliphatic rings. The second-order valence-corrected chi connectivity index (χ2v) is 8.50. The molecule has 0 spiro atoms. The standard InChI is InChI=1S/C25H24N4OS/c1-17-10-12-22(13-11-17)29-24(20-8-4-6-18(2)14-20)27-28-25(29)31-16-23(30)26-21-9-5-7-19(3)15-21/h4-15H,16H2,1-3H3,(H,26,30). The number of nitrogens with zero attached hydrogens (tertiary/aromatic N) is 3. The lowest BCUT2D eigenvalue weighted by atomic mass is 10.1. The average Bonchev–Trinajstić information content (AvgIpc) is 3.17. The van der Waals surface area contributed by atoms with Crippen molar-refractivity contribution in [2.45, 2.75) is 25.9 Å². The number of carbonyl (C=O) groups is 1. The van der Waals surface area contributed by atoms with Gasteiger partial charge in [-0.2, -0.15) is 0 Å². The number of anilines is 1. The van der Waals surface area contributed by atoms with Crippen LogP contribution in [-0.4, -0.2) is 26.4 Å². The van der Waals surface area contributed by atoms with Gasteiger partial charge < -0.3 is 5.32 Å². The number of nitrogens with one attached hydrogen (secondary N) is 1. The van der Waals surface area contributed by atoms with Crippen molar-refractivity contribution in [1.29, 1.82) is 0 Å². The Bertz CT molecular complexity index is 1210. The van der Waals surface area contributed by atoms with E-state index in [-0.39, 0.29) is 11.7 Å². The predicted molar refractivity (Wildman–Crippen MR) is 127 cm³/mol. The van der Waals surface area contributed by atoms with Crippen molar-refractivity contribution in [3.8, 4) is 17.1 Å². The lowest BCUT2D eigenvalue weighted by Gasteiger charge is -2.11. The summed E-state index contributed by atoms with van der Waals surface area (Å²) in [6.45, 7) is 6.12. The van der Waals surface area contributed by atoms with Crippen molar-refractivity contribution in [1.82, 2.24) is 14.8 Å². The van der Waals surface area contributed by atoms with E-state index in [4.69, 9.17) is 0 Å². The molecule has 4 aromatic rings. The van der Waals surface area contributed by atoms with Crippen molar-refractivity contribution >= 4 is 23.4 Å². The topological polar surface area (TPSA) is 59.8 Å². The molecule has 0 aliphatic carbocycles. The van der Waals surface area contributed by atoms with Gasteiger partial charge in [-0.3, -0.25) is 9.36 Å². The number of aryl methyl sites for hydroxylation is 3. The molecule has 1 heterocycles. The monoisotopic (exact) mass is 428 g/mol. The normalized spacial score (nSPS) is 10.8. The molecule has 31 heavy (non-hydrogen) atoms. The first-order valence-corrected chi connectivity index (χ1v) is 11.1. The molecule has 0 saturated carbocycles. The van der Waals surface area contributed by atoms with Crippen molar-refractivity contribution in [2.24, 2.45) is 0 Å². The van der Waals surface area contributed by atoms with Crippen molar-refractivity contribution in [3.05, 3.63) is 89.5 Å². The summed E-state index contributed by atoms with van der Waals surface area (Å²) >= 11 is 1.37. The fourth-order valence-electron chi connectivity index (χ4n) is 3.31. The van der Waals surface area contributed by atoms with E-state index >= 15 is 0 Å². The highest BCUT2D eigenvalue weighted by molar-refractivity contribution is 7.99. The summed E-state index contributed by atoms with van der Waals surface area (Å²) in [6, 6.07) is 24.2. The second kappa shape index (κ2) is 9.18. The van der Waals surface area contributed by atoms with E-state index in [1.165, 1.54) is 17.3 Å². The molecule has 1 amide bonds. The molecule has 0 bridgehead atoms. The van der Waals surface area contributed by atoms with E-state index in [1.54, 1.807) is 0 Å². The molecule has 0 aliphatic heterocycles. The quantitative estimate of drug-likeness (QED) is 0.407. The summed E-state index contributed by atoms with van der Waals surface area (Å²) in [5.41, 5.74) is 6.19. The second-order valence-electron chi connectivity index (χ2n) is 7.55. The van der Waals surface area contributed by atoms with Gasteiger partial charge in [0.15, 0.2) is 11.0 Å². The Balaban J connectivity index is 1.61. The van der Waals surface area contributed by atoms with E-state index in [0.717, 1.165) is 33.9 Å². The minimum absolute atomic E-state index is 0.0776. The third kappa shape index (κ3) is 5.03. The Hall–Kier alpha value is -3.38. The molecule has 0 radical (unpaired) electrons. The van der Waals surface area contributed by atoms with Crippen molar-refractivity contribution in [2.75, 3.05) is 11.1 Å². The van der Waals surface area contributed by atoms with E-state index in [1.807, 2.05) is 47.9 Å². The maximum Gasteiger partial charge on any atom is 0.234 e. The fraction of sp³-hybridized carbons (Fsp3) is 0.160. The van der Waals surface area contributed by atoms with Gasteiger partial charge in [-0.15, -0.1) is 10.2 Å². The lowest BCUT2D eigenvalue weighted by Crippen LogP contribution is -2.14. The van der Waals surface area contributed by atoms with Gasteiger partial charge in [0.05, 0.1) is 5.75 Å². The number of aromatic nitrogens is 3. The summed E-state index contributed by atoms with van der Waals surface area (Å²) in [7, 11) is 0. The van der Waals surface area contributed by atoms with Gasteiger partial charge in [-0.25, -0.2) is 0 Å². The van der Waals surface area contributed by atoms with E-state index < -0.39 is 0 Å². The fourth-order valence-corrected chi connectivity index (χ4v) is 4.06. The van der Waals surface area contributed by atoms with Gasteiger partial charge in [0.25, 0.3) is 0 Å². The third-order valence-electron chi connectivity index (χ3n) is 4.84. The number of carbonyl (C=O) groups excluding carboxylic acids is 1.